The molecule has 1 heterocycles. The first-order valence-electron chi connectivity index (χ1n) is 7.57. The molecule has 23 heavy (non-hydrogen) atoms. The lowest BCUT2D eigenvalue weighted by Crippen LogP contribution is -2.32. The van der Waals surface area contributed by atoms with Crippen LogP contribution in [0.5, 0.6) is 5.75 Å². The van der Waals surface area contributed by atoms with E-state index < -0.39 is 6.10 Å². The third-order valence-electron chi connectivity index (χ3n) is 4.07. The number of hydrogen-bond acceptors (Lipinski definition) is 2. The molecule has 0 saturated heterocycles. The van der Waals surface area contributed by atoms with E-state index in [1.807, 2.05) is 38.2 Å². The van der Waals surface area contributed by atoms with E-state index in [2.05, 4.69) is 21.3 Å². The van der Waals surface area contributed by atoms with Crippen molar-refractivity contribution >= 4 is 22.6 Å². The normalized spacial score (nSPS) is 12.5. The second kappa shape index (κ2) is 6.60. The zero-order valence-corrected chi connectivity index (χ0v) is 14.0. The molecule has 4 nitrogen and oxygen atoms in total. The van der Waals surface area contributed by atoms with Crippen LogP contribution >= 0.6 is 11.6 Å². The van der Waals surface area contributed by atoms with Gasteiger partial charge in [0.1, 0.15) is 25.0 Å². The molecule has 0 radical (unpaired) electrons. The second-order valence-electron chi connectivity index (χ2n) is 5.60. The Hall–Kier alpha value is -2.04. The van der Waals surface area contributed by atoms with Crippen molar-refractivity contribution in [3.8, 4) is 5.75 Å². The first-order valence-corrected chi connectivity index (χ1v) is 7.95. The van der Waals surface area contributed by atoms with Crippen LogP contribution in [0.4, 0.5) is 0 Å². The van der Waals surface area contributed by atoms with Gasteiger partial charge in [-0.25, -0.2) is 9.13 Å². The lowest BCUT2D eigenvalue weighted by atomic mass is 10.3. The minimum atomic E-state index is -0.624. The quantitative estimate of drug-likeness (QED) is 0.730. The molecule has 0 fully saturated rings. The Morgan fingerprint density at radius 2 is 1.87 bits per heavy atom. The van der Waals surface area contributed by atoms with Crippen molar-refractivity contribution in [2.45, 2.75) is 19.6 Å². The van der Waals surface area contributed by atoms with E-state index in [0.29, 0.717) is 17.3 Å². The fourth-order valence-electron chi connectivity index (χ4n) is 2.75. The number of ether oxygens (including phenoxy) is 1. The Balaban J connectivity index is 1.75. The topological polar surface area (TPSA) is 38.3 Å². The summed E-state index contributed by atoms with van der Waals surface area (Å²) in [5.41, 5.74) is 2.24. The number of nitrogens with zero attached hydrogens (tertiary/aromatic N) is 2. The van der Waals surface area contributed by atoms with E-state index in [1.54, 1.807) is 12.1 Å². The number of para-hydroxylation sites is 3. The summed E-state index contributed by atoms with van der Waals surface area (Å²) in [6, 6.07) is 15.4. The number of aliphatic hydroxyl groups excluding tert-OH is 1. The molecule has 1 aromatic heterocycles. The third-order valence-corrected chi connectivity index (χ3v) is 4.38. The SMILES string of the molecule is Cc1n(C[C@@H](O)COc2ccccc2Cl)c2ccccc2[n+]1C. The Kier molecular flexibility index (Phi) is 4.55. The van der Waals surface area contributed by atoms with E-state index in [9.17, 15) is 5.11 Å². The van der Waals surface area contributed by atoms with E-state index in [0.717, 1.165) is 16.9 Å². The molecule has 1 N–H and O–H groups in total. The van der Waals surface area contributed by atoms with Crippen molar-refractivity contribution in [1.82, 2.24) is 4.57 Å². The van der Waals surface area contributed by atoms with Crippen LogP contribution in [0, 0.1) is 6.92 Å². The van der Waals surface area contributed by atoms with Crippen molar-refractivity contribution in [3.05, 3.63) is 59.4 Å². The predicted octanol–water partition coefficient (Wildman–Crippen LogP) is 2.87. The second-order valence-corrected chi connectivity index (χ2v) is 6.01. The summed E-state index contributed by atoms with van der Waals surface area (Å²) >= 11 is 6.06. The number of halogens is 1. The minimum Gasteiger partial charge on any atom is -0.489 e. The summed E-state index contributed by atoms with van der Waals surface area (Å²) in [6.45, 7) is 2.71. The minimum absolute atomic E-state index is 0.194. The highest BCUT2D eigenvalue weighted by atomic mass is 35.5. The van der Waals surface area contributed by atoms with Crippen LogP contribution in [-0.4, -0.2) is 22.4 Å². The summed E-state index contributed by atoms with van der Waals surface area (Å²) in [7, 11) is 2.03. The molecular formula is C18H20ClN2O2+. The van der Waals surface area contributed by atoms with Gasteiger partial charge in [-0.2, -0.15) is 0 Å². The van der Waals surface area contributed by atoms with Gasteiger partial charge in [0.05, 0.1) is 12.1 Å². The monoisotopic (exact) mass is 331 g/mol. The largest absolute Gasteiger partial charge is 0.489 e. The van der Waals surface area contributed by atoms with Crippen LogP contribution in [0.1, 0.15) is 5.82 Å². The summed E-state index contributed by atoms with van der Waals surface area (Å²) < 4.78 is 9.86. The Bertz CT molecular complexity index is 829. The lowest BCUT2D eigenvalue weighted by molar-refractivity contribution is -0.652. The van der Waals surface area contributed by atoms with Gasteiger partial charge in [0.25, 0.3) is 5.82 Å². The third kappa shape index (κ3) is 3.19. The van der Waals surface area contributed by atoms with Crippen LogP contribution in [0.3, 0.4) is 0 Å². The Morgan fingerprint density at radius 1 is 1.17 bits per heavy atom. The Morgan fingerprint density at radius 3 is 2.65 bits per heavy atom. The van der Waals surface area contributed by atoms with Gasteiger partial charge in [0.15, 0.2) is 11.0 Å². The fraction of sp³-hybridized carbons (Fsp3) is 0.278. The van der Waals surface area contributed by atoms with Crippen LogP contribution in [0.2, 0.25) is 5.02 Å². The van der Waals surface area contributed by atoms with Gasteiger partial charge in [-0.05, 0) is 24.3 Å². The number of aliphatic hydroxyl groups is 1. The molecule has 0 aliphatic carbocycles. The predicted molar refractivity (Wildman–Crippen MR) is 90.8 cm³/mol. The first-order chi connectivity index (χ1) is 11.1. The van der Waals surface area contributed by atoms with E-state index in [1.165, 1.54) is 0 Å². The highest BCUT2D eigenvalue weighted by molar-refractivity contribution is 6.32. The average Bonchev–Trinajstić information content (AvgIpc) is 2.80. The van der Waals surface area contributed by atoms with Gasteiger partial charge >= 0.3 is 0 Å². The van der Waals surface area contributed by atoms with Gasteiger partial charge < -0.3 is 9.84 Å². The molecule has 2 aromatic carbocycles. The Labute approximate surface area is 140 Å². The van der Waals surface area contributed by atoms with Crippen molar-refractivity contribution in [2.24, 2.45) is 7.05 Å². The van der Waals surface area contributed by atoms with Gasteiger partial charge in [0, 0.05) is 6.92 Å². The standard InChI is InChI=1S/C18H20ClN2O2/c1-13-20(2)16-8-4-5-9-17(16)21(13)11-14(22)12-23-18-10-6-3-7-15(18)19/h3-10,14,22H,11-12H2,1-2H3/q+1/t14-/m1/s1. The molecule has 0 aliphatic rings. The summed E-state index contributed by atoms with van der Waals surface area (Å²) in [5.74, 6) is 1.68. The number of fused-ring (bicyclic) bond motifs is 1. The molecule has 0 aliphatic heterocycles. The van der Waals surface area contributed by atoms with Crippen molar-refractivity contribution in [3.63, 3.8) is 0 Å². The molecule has 1 atom stereocenters. The van der Waals surface area contributed by atoms with Crippen LogP contribution in [0.25, 0.3) is 11.0 Å². The molecule has 3 aromatic rings. The van der Waals surface area contributed by atoms with Crippen molar-refractivity contribution < 1.29 is 14.4 Å². The zero-order chi connectivity index (χ0) is 16.4. The number of hydrogen-bond donors (Lipinski definition) is 1. The number of aromatic nitrogens is 2. The van der Waals surface area contributed by atoms with Gasteiger partial charge in [0.2, 0.25) is 0 Å². The number of imidazole rings is 1. The van der Waals surface area contributed by atoms with Gasteiger partial charge in [-0.15, -0.1) is 0 Å². The summed E-state index contributed by atoms with van der Waals surface area (Å²) in [4.78, 5) is 0. The van der Waals surface area contributed by atoms with Gasteiger partial charge in [-0.3, -0.25) is 0 Å². The number of rotatable bonds is 5. The highest BCUT2D eigenvalue weighted by Gasteiger charge is 2.21. The molecule has 0 saturated carbocycles. The molecule has 3 rings (SSSR count). The highest BCUT2D eigenvalue weighted by Crippen LogP contribution is 2.23. The van der Waals surface area contributed by atoms with Crippen LogP contribution < -0.4 is 9.30 Å². The molecule has 5 heteroatoms. The number of aryl methyl sites for hydroxylation is 1. The first kappa shape index (κ1) is 15.8. The molecule has 0 amide bonds. The van der Waals surface area contributed by atoms with E-state index in [4.69, 9.17) is 16.3 Å². The van der Waals surface area contributed by atoms with E-state index >= 15 is 0 Å². The molecule has 0 spiro atoms. The zero-order valence-electron chi connectivity index (χ0n) is 13.2. The molecule has 120 valence electrons. The maximum Gasteiger partial charge on any atom is 0.254 e. The molecule has 0 unspecified atom stereocenters. The maximum absolute atomic E-state index is 10.3. The van der Waals surface area contributed by atoms with E-state index in [-0.39, 0.29) is 6.61 Å². The smallest absolute Gasteiger partial charge is 0.254 e. The lowest BCUT2D eigenvalue weighted by Gasteiger charge is -2.12. The van der Waals surface area contributed by atoms with Crippen LogP contribution in [-0.2, 0) is 13.6 Å². The van der Waals surface area contributed by atoms with Gasteiger partial charge in [-0.1, -0.05) is 35.9 Å². The summed E-state index contributed by atoms with van der Waals surface area (Å²) in [6.07, 6.45) is -0.624. The molecular weight excluding hydrogens is 312 g/mol. The number of benzene rings is 2. The average molecular weight is 332 g/mol. The molecule has 0 bridgehead atoms. The van der Waals surface area contributed by atoms with Crippen molar-refractivity contribution in [1.29, 1.82) is 0 Å². The van der Waals surface area contributed by atoms with Crippen LogP contribution in [0.15, 0.2) is 48.5 Å². The summed E-state index contributed by atoms with van der Waals surface area (Å²) in [5, 5.41) is 10.9. The fourth-order valence-corrected chi connectivity index (χ4v) is 2.94. The maximum atomic E-state index is 10.3. The van der Waals surface area contributed by atoms with Crippen molar-refractivity contribution in [2.75, 3.05) is 6.61 Å².